The molecule has 0 aromatic heterocycles. The smallest absolute Gasteiger partial charge is 0.161 e. The van der Waals surface area contributed by atoms with Crippen LogP contribution in [-0.2, 0) is 0 Å². The molecule has 0 saturated carbocycles. The van der Waals surface area contributed by atoms with Gasteiger partial charge in [0.1, 0.15) is 11.5 Å². The Hall–Kier alpha value is -3.98. The van der Waals surface area contributed by atoms with Crippen LogP contribution < -0.4 is 14.2 Å². The van der Waals surface area contributed by atoms with E-state index in [2.05, 4.69) is 126 Å². The summed E-state index contributed by atoms with van der Waals surface area (Å²) in [4.78, 5) is 0. The van der Waals surface area contributed by atoms with Gasteiger partial charge in [0, 0.05) is 10.8 Å². The summed E-state index contributed by atoms with van der Waals surface area (Å²) in [6, 6.07) is 29.9. The van der Waals surface area contributed by atoms with Crippen molar-refractivity contribution in [2.75, 3.05) is 13.2 Å². The summed E-state index contributed by atoms with van der Waals surface area (Å²) in [5.41, 5.74) is 4.57. The summed E-state index contributed by atoms with van der Waals surface area (Å²) in [6.45, 7) is 14.4. The maximum atomic E-state index is 6.75. The predicted molar refractivity (Wildman–Crippen MR) is 173 cm³/mol. The topological polar surface area (TPSA) is 27.7 Å². The van der Waals surface area contributed by atoms with Gasteiger partial charge in [-0.25, -0.2) is 0 Å². The fourth-order valence-electron chi connectivity index (χ4n) is 5.03. The highest BCUT2D eigenvalue weighted by Gasteiger charge is 2.19. The van der Waals surface area contributed by atoms with Gasteiger partial charge in [0.15, 0.2) is 11.5 Å². The van der Waals surface area contributed by atoms with E-state index in [1.807, 2.05) is 0 Å². The predicted octanol–water partition coefficient (Wildman–Crippen LogP) is 10.9. The molecule has 0 fully saturated rings. The van der Waals surface area contributed by atoms with E-state index in [9.17, 15) is 0 Å². The Morgan fingerprint density at radius 2 is 1.15 bits per heavy atom. The Kier molecular flexibility index (Phi) is 8.83. The molecule has 0 heterocycles. The van der Waals surface area contributed by atoms with Crippen molar-refractivity contribution in [1.82, 2.24) is 0 Å². The van der Waals surface area contributed by atoms with Gasteiger partial charge >= 0.3 is 0 Å². The van der Waals surface area contributed by atoms with Crippen molar-refractivity contribution in [3.05, 3.63) is 96.1 Å². The van der Waals surface area contributed by atoms with Gasteiger partial charge in [-0.3, -0.25) is 0 Å². The third-order valence-electron chi connectivity index (χ3n) is 8.11. The highest BCUT2D eigenvalue weighted by Crippen LogP contribution is 2.46. The quantitative estimate of drug-likeness (QED) is 0.154. The molecule has 0 N–H and O–H groups in total. The largest absolute Gasteiger partial charge is 0.489 e. The zero-order valence-electron chi connectivity index (χ0n) is 25.3. The molecule has 0 amide bonds. The van der Waals surface area contributed by atoms with E-state index in [1.165, 1.54) is 11.1 Å². The minimum absolute atomic E-state index is 0.462. The average molecular weight is 547 g/mol. The van der Waals surface area contributed by atoms with Crippen LogP contribution in [-0.4, -0.2) is 13.2 Å². The highest BCUT2D eigenvalue weighted by molar-refractivity contribution is 6.17. The third-order valence-corrected chi connectivity index (χ3v) is 8.11. The van der Waals surface area contributed by atoms with Crippen LogP contribution in [0.25, 0.3) is 32.7 Å². The first kappa shape index (κ1) is 28.5. The highest BCUT2D eigenvalue weighted by atomic mass is 16.5. The SMILES string of the molecule is CCC(C)COc1ccc(-c2c3ccccc3c(Oc3cc(C)ccc3C)c3ccccc23)cc1OCC(C)CC. The fraction of sp³-hybridized carbons (Fsp3) is 0.316. The van der Waals surface area contributed by atoms with Gasteiger partial charge in [-0.05, 0) is 76.9 Å². The molecule has 0 radical (unpaired) electrons. The van der Waals surface area contributed by atoms with Crippen molar-refractivity contribution >= 4 is 21.5 Å². The van der Waals surface area contributed by atoms with Crippen LogP contribution >= 0.6 is 0 Å². The molecule has 5 rings (SSSR count). The van der Waals surface area contributed by atoms with Crippen LogP contribution in [0.2, 0.25) is 0 Å². The van der Waals surface area contributed by atoms with Crippen LogP contribution in [0.5, 0.6) is 23.0 Å². The molecule has 3 nitrogen and oxygen atoms in total. The lowest BCUT2D eigenvalue weighted by molar-refractivity contribution is 0.218. The molecule has 5 aromatic rings. The Bertz CT molecular complexity index is 1590. The number of benzene rings is 5. The summed E-state index contributed by atoms with van der Waals surface area (Å²) in [5.74, 6) is 4.32. The van der Waals surface area contributed by atoms with Crippen LogP contribution in [0, 0.1) is 25.7 Å². The first-order valence-corrected chi connectivity index (χ1v) is 15.0. The molecule has 5 aromatic carbocycles. The van der Waals surface area contributed by atoms with Crippen LogP contribution in [0.1, 0.15) is 51.7 Å². The zero-order chi connectivity index (χ0) is 28.9. The van der Waals surface area contributed by atoms with E-state index in [0.717, 1.165) is 68.5 Å². The second-order valence-corrected chi connectivity index (χ2v) is 11.5. The average Bonchev–Trinajstić information content (AvgIpc) is 3.00. The summed E-state index contributed by atoms with van der Waals surface area (Å²) in [6.07, 6.45) is 2.15. The Balaban J connectivity index is 1.68. The lowest BCUT2D eigenvalue weighted by Gasteiger charge is -2.20. The molecular formula is C38H42O3. The first-order chi connectivity index (χ1) is 19.9. The molecule has 2 unspecified atom stereocenters. The molecule has 0 saturated heterocycles. The minimum atomic E-state index is 0.462. The van der Waals surface area contributed by atoms with Crippen molar-refractivity contribution in [2.24, 2.45) is 11.8 Å². The molecule has 0 spiro atoms. The Morgan fingerprint density at radius 3 is 1.73 bits per heavy atom. The normalized spacial score (nSPS) is 12.8. The lowest BCUT2D eigenvalue weighted by Crippen LogP contribution is -2.11. The molecule has 3 heteroatoms. The van der Waals surface area contributed by atoms with E-state index in [0.29, 0.717) is 25.0 Å². The van der Waals surface area contributed by atoms with Crippen molar-refractivity contribution in [2.45, 2.75) is 54.4 Å². The van der Waals surface area contributed by atoms with Crippen LogP contribution in [0.3, 0.4) is 0 Å². The lowest BCUT2D eigenvalue weighted by atomic mass is 9.91. The summed E-state index contributed by atoms with van der Waals surface area (Å²) in [5, 5.41) is 4.46. The summed E-state index contributed by atoms with van der Waals surface area (Å²) in [7, 11) is 0. The second-order valence-electron chi connectivity index (χ2n) is 11.5. The molecule has 2 atom stereocenters. The van der Waals surface area contributed by atoms with Crippen molar-refractivity contribution in [1.29, 1.82) is 0 Å². The second kappa shape index (κ2) is 12.7. The molecule has 41 heavy (non-hydrogen) atoms. The number of ether oxygens (including phenoxy) is 3. The van der Waals surface area contributed by atoms with Gasteiger partial charge in [0.05, 0.1) is 13.2 Å². The van der Waals surface area contributed by atoms with Crippen molar-refractivity contribution in [3.63, 3.8) is 0 Å². The van der Waals surface area contributed by atoms with Gasteiger partial charge in [-0.1, -0.05) is 107 Å². The third kappa shape index (κ3) is 6.20. The van der Waals surface area contributed by atoms with E-state index in [1.54, 1.807) is 0 Å². The van der Waals surface area contributed by atoms with Gasteiger partial charge in [-0.2, -0.15) is 0 Å². The number of hydrogen-bond acceptors (Lipinski definition) is 3. The van der Waals surface area contributed by atoms with Crippen molar-refractivity contribution in [3.8, 4) is 34.1 Å². The van der Waals surface area contributed by atoms with Crippen LogP contribution in [0.15, 0.2) is 84.9 Å². The molecule has 212 valence electrons. The Labute approximate surface area is 245 Å². The maximum Gasteiger partial charge on any atom is 0.161 e. The van der Waals surface area contributed by atoms with Gasteiger partial charge in [0.2, 0.25) is 0 Å². The fourth-order valence-corrected chi connectivity index (χ4v) is 5.03. The van der Waals surface area contributed by atoms with E-state index in [-0.39, 0.29) is 0 Å². The molecule has 0 bridgehead atoms. The monoisotopic (exact) mass is 546 g/mol. The van der Waals surface area contributed by atoms with Gasteiger partial charge in [-0.15, -0.1) is 0 Å². The molecule has 0 aliphatic heterocycles. The van der Waals surface area contributed by atoms with Crippen molar-refractivity contribution < 1.29 is 14.2 Å². The summed E-state index contributed by atoms with van der Waals surface area (Å²) < 4.78 is 19.5. The molecule has 0 aliphatic carbocycles. The van der Waals surface area contributed by atoms with E-state index < -0.39 is 0 Å². The van der Waals surface area contributed by atoms with E-state index in [4.69, 9.17) is 14.2 Å². The number of hydrogen-bond donors (Lipinski definition) is 0. The first-order valence-electron chi connectivity index (χ1n) is 15.0. The number of rotatable bonds is 11. The number of aryl methyl sites for hydroxylation is 2. The Morgan fingerprint density at radius 1 is 0.585 bits per heavy atom. The van der Waals surface area contributed by atoms with E-state index >= 15 is 0 Å². The molecular weight excluding hydrogens is 504 g/mol. The van der Waals surface area contributed by atoms with Crippen LogP contribution in [0.4, 0.5) is 0 Å². The standard InChI is InChI=1S/C38H42O3/c1-7-25(3)23-39-34-20-19-29(22-36(34)40-24-26(4)8-2)37-30-13-9-11-15-32(30)38(33-16-12-10-14-31(33)37)41-35-21-27(5)17-18-28(35)6/h9-22,25-26H,7-8,23-24H2,1-6H3. The van der Waals surface area contributed by atoms with Gasteiger partial charge < -0.3 is 14.2 Å². The van der Waals surface area contributed by atoms with Gasteiger partial charge in [0.25, 0.3) is 0 Å². The summed E-state index contributed by atoms with van der Waals surface area (Å²) >= 11 is 0. The maximum absolute atomic E-state index is 6.75. The molecule has 0 aliphatic rings. The number of fused-ring (bicyclic) bond motifs is 2. The zero-order valence-corrected chi connectivity index (χ0v) is 25.3. The minimum Gasteiger partial charge on any atom is -0.489 e.